The van der Waals surface area contributed by atoms with Gasteiger partial charge in [-0.2, -0.15) is 5.10 Å². The van der Waals surface area contributed by atoms with Gasteiger partial charge in [0.25, 0.3) is 0 Å². The molecular weight excluding hydrogens is 298 g/mol. The quantitative estimate of drug-likeness (QED) is 0.921. The second kappa shape index (κ2) is 4.79. The Balaban J connectivity index is 1.93. The van der Waals surface area contributed by atoms with Crippen LogP contribution in [0.15, 0.2) is 30.3 Å². The SMILES string of the molecule is Nc1cc(-c2ccc(Cl)cc2)nn1[C@@H]1CCS(=O)(=O)C1. The molecule has 20 heavy (non-hydrogen) atoms. The molecule has 0 amide bonds. The fraction of sp³-hybridized carbons (Fsp3) is 0.308. The van der Waals surface area contributed by atoms with Gasteiger partial charge in [0, 0.05) is 16.7 Å². The van der Waals surface area contributed by atoms with E-state index in [2.05, 4.69) is 5.10 Å². The van der Waals surface area contributed by atoms with Gasteiger partial charge in [0.15, 0.2) is 9.84 Å². The highest BCUT2D eigenvalue weighted by Gasteiger charge is 2.30. The molecule has 1 atom stereocenters. The van der Waals surface area contributed by atoms with E-state index >= 15 is 0 Å². The van der Waals surface area contributed by atoms with E-state index in [9.17, 15) is 8.42 Å². The number of benzene rings is 1. The number of sulfone groups is 1. The maximum Gasteiger partial charge on any atom is 0.152 e. The molecular formula is C13H14ClN3O2S. The van der Waals surface area contributed by atoms with E-state index in [1.54, 1.807) is 22.9 Å². The van der Waals surface area contributed by atoms with E-state index in [1.165, 1.54) is 0 Å². The summed E-state index contributed by atoms with van der Waals surface area (Å²) < 4.78 is 24.7. The molecule has 3 rings (SSSR count). The Kier molecular flexibility index (Phi) is 3.22. The first-order valence-electron chi connectivity index (χ1n) is 6.26. The maximum absolute atomic E-state index is 11.5. The maximum atomic E-state index is 11.5. The van der Waals surface area contributed by atoms with Crippen LogP contribution in [0.4, 0.5) is 5.82 Å². The summed E-state index contributed by atoms with van der Waals surface area (Å²) in [4.78, 5) is 0. The van der Waals surface area contributed by atoms with Crippen molar-refractivity contribution in [2.24, 2.45) is 0 Å². The second-order valence-electron chi connectivity index (χ2n) is 4.96. The van der Waals surface area contributed by atoms with E-state index in [1.807, 2.05) is 12.1 Å². The Bertz CT molecular complexity index is 737. The van der Waals surface area contributed by atoms with E-state index in [0.29, 0.717) is 17.3 Å². The number of nitrogens with zero attached hydrogens (tertiary/aromatic N) is 2. The summed E-state index contributed by atoms with van der Waals surface area (Å²) in [7, 11) is -2.96. The summed E-state index contributed by atoms with van der Waals surface area (Å²) in [5.74, 6) is 0.795. The molecule has 2 heterocycles. The summed E-state index contributed by atoms with van der Waals surface area (Å²) >= 11 is 5.85. The first kappa shape index (κ1) is 13.5. The third-order valence-electron chi connectivity index (χ3n) is 3.46. The van der Waals surface area contributed by atoms with Crippen molar-refractivity contribution in [3.8, 4) is 11.3 Å². The molecule has 7 heteroatoms. The van der Waals surface area contributed by atoms with Crippen molar-refractivity contribution in [3.63, 3.8) is 0 Å². The number of rotatable bonds is 2. The van der Waals surface area contributed by atoms with Crippen LogP contribution >= 0.6 is 11.6 Å². The van der Waals surface area contributed by atoms with E-state index < -0.39 is 9.84 Å². The molecule has 1 saturated heterocycles. The van der Waals surface area contributed by atoms with E-state index in [4.69, 9.17) is 17.3 Å². The molecule has 1 aliphatic rings. The van der Waals surface area contributed by atoms with Crippen molar-refractivity contribution in [2.45, 2.75) is 12.5 Å². The number of nitrogen functional groups attached to an aromatic ring is 1. The highest BCUT2D eigenvalue weighted by atomic mass is 35.5. The van der Waals surface area contributed by atoms with Crippen molar-refractivity contribution in [1.29, 1.82) is 0 Å². The zero-order valence-electron chi connectivity index (χ0n) is 10.7. The number of hydrogen-bond donors (Lipinski definition) is 1. The lowest BCUT2D eigenvalue weighted by atomic mass is 10.1. The molecule has 0 radical (unpaired) electrons. The van der Waals surface area contributed by atoms with E-state index in [-0.39, 0.29) is 17.5 Å². The molecule has 0 saturated carbocycles. The van der Waals surface area contributed by atoms with Gasteiger partial charge in [-0.1, -0.05) is 23.7 Å². The molecule has 1 aromatic carbocycles. The van der Waals surface area contributed by atoms with E-state index in [0.717, 1.165) is 11.3 Å². The zero-order chi connectivity index (χ0) is 14.3. The zero-order valence-corrected chi connectivity index (χ0v) is 12.2. The number of halogens is 1. The molecule has 1 aromatic heterocycles. The Morgan fingerprint density at radius 2 is 2.00 bits per heavy atom. The highest BCUT2D eigenvalue weighted by Crippen LogP contribution is 2.29. The van der Waals surface area contributed by atoms with Gasteiger partial charge in [-0.05, 0) is 18.6 Å². The molecule has 2 N–H and O–H groups in total. The highest BCUT2D eigenvalue weighted by molar-refractivity contribution is 7.91. The summed E-state index contributed by atoms with van der Waals surface area (Å²) in [6, 6.07) is 8.88. The fourth-order valence-electron chi connectivity index (χ4n) is 2.43. The van der Waals surface area contributed by atoms with Crippen LogP contribution in [-0.2, 0) is 9.84 Å². The lowest BCUT2D eigenvalue weighted by molar-refractivity contribution is 0.508. The first-order valence-corrected chi connectivity index (χ1v) is 8.46. The van der Waals surface area contributed by atoms with Gasteiger partial charge in [-0.15, -0.1) is 0 Å². The molecule has 0 aliphatic carbocycles. The topological polar surface area (TPSA) is 78.0 Å². The van der Waals surface area contributed by atoms with Crippen molar-refractivity contribution < 1.29 is 8.42 Å². The van der Waals surface area contributed by atoms with Gasteiger partial charge in [0.05, 0.1) is 23.2 Å². The molecule has 2 aromatic rings. The minimum absolute atomic E-state index is 0.110. The van der Waals surface area contributed by atoms with Crippen LogP contribution in [0.3, 0.4) is 0 Å². The molecule has 0 spiro atoms. The number of hydrogen-bond acceptors (Lipinski definition) is 4. The lowest BCUT2D eigenvalue weighted by Crippen LogP contribution is -2.14. The van der Waals surface area contributed by atoms with Crippen LogP contribution in [0.25, 0.3) is 11.3 Å². The molecule has 106 valence electrons. The summed E-state index contributed by atoms with van der Waals surface area (Å²) in [6.07, 6.45) is 0.564. The Labute approximate surface area is 122 Å². The predicted octanol–water partition coefficient (Wildman–Crippen LogP) is 2.15. The number of aromatic nitrogens is 2. The fourth-order valence-corrected chi connectivity index (χ4v) is 4.25. The minimum Gasteiger partial charge on any atom is -0.384 e. The predicted molar refractivity (Wildman–Crippen MR) is 79.4 cm³/mol. The average molecular weight is 312 g/mol. The van der Waals surface area contributed by atoms with Crippen molar-refractivity contribution in [3.05, 3.63) is 35.4 Å². The van der Waals surface area contributed by atoms with Gasteiger partial charge in [-0.25, -0.2) is 13.1 Å². The molecule has 5 nitrogen and oxygen atoms in total. The molecule has 1 aliphatic heterocycles. The van der Waals surface area contributed by atoms with Crippen LogP contribution in [0.1, 0.15) is 12.5 Å². The van der Waals surface area contributed by atoms with Crippen molar-refractivity contribution in [1.82, 2.24) is 9.78 Å². The summed E-state index contributed by atoms with van der Waals surface area (Å²) in [6.45, 7) is 0. The first-order chi connectivity index (χ1) is 9.44. The van der Waals surface area contributed by atoms with Crippen LogP contribution < -0.4 is 5.73 Å². The summed E-state index contributed by atoms with van der Waals surface area (Å²) in [5.41, 5.74) is 7.59. The van der Waals surface area contributed by atoms with Gasteiger partial charge >= 0.3 is 0 Å². The van der Waals surface area contributed by atoms with Gasteiger partial charge < -0.3 is 5.73 Å². The molecule has 0 unspecified atom stereocenters. The van der Waals surface area contributed by atoms with Crippen LogP contribution in [0, 0.1) is 0 Å². The van der Waals surface area contributed by atoms with Gasteiger partial charge in [0.1, 0.15) is 5.82 Å². The standard InChI is InChI=1S/C13H14ClN3O2S/c14-10-3-1-9(2-4-10)12-7-13(15)17(16-12)11-5-6-20(18,19)8-11/h1-4,7,11H,5-6,8,15H2/t11-/m1/s1. The van der Waals surface area contributed by atoms with Crippen molar-refractivity contribution in [2.75, 3.05) is 17.2 Å². The molecule has 1 fully saturated rings. The normalized spacial score (nSPS) is 21.1. The molecule has 0 bridgehead atoms. The third-order valence-corrected chi connectivity index (χ3v) is 5.46. The van der Waals surface area contributed by atoms with Gasteiger partial charge in [0.2, 0.25) is 0 Å². The summed E-state index contributed by atoms with van der Waals surface area (Å²) in [5, 5.41) is 5.10. The largest absolute Gasteiger partial charge is 0.384 e. The lowest BCUT2D eigenvalue weighted by Gasteiger charge is -2.09. The van der Waals surface area contributed by atoms with Gasteiger partial charge in [-0.3, -0.25) is 0 Å². The Morgan fingerprint density at radius 3 is 2.60 bits per heavy atom. The van der Waals surface area contributed by atoms with Crippen LogP contribution in [-0.4, -0.2) is 29.7 Å². The number of anilines is 1. The van der Waals surface area contributed by atoms with Crippen LogP contribution in [0.5, 0.6) is 0 Å². The average Bonchev–Trinajstić information content (AvgIpc) is 2.93. The Morgan fingerprint density at radius 1 is 1.30 bits per heavy atom. The second-order valence-corrected chi connectivity index (χ2v) is 7.63. The van der Waals surface area contributed by atoms with Crippen LogP contribution in [0.2, 0.25) is 5.02 Å². The number of nitrogens with two attached hydrogens (primary N) is 1. The third kappa shape index (κ3) is 2.53. The monoisotopic (exact) mass is 311 g/mol. The smallest absolute Gasteiger partial charge is 0.152 e. The Hall–Kier alpha value is -1.53. The minimum atomic E-state index is -2.96. The van der Waals surface area contributed by atoms with Crippen molar-refractivity contribution >= 4 is 27.3 Å².